The molecular formula is C25H22I2N2O5S. The molecule has 0 bridgehead atoms. The Bertz CT molecular complexity index is 1480. The van der Waals surface area contributed by atoms with Gasteiger partial charge in [0, 0.05) is 0 Å². The fraction of sp³-hybridized carbons (Fsp3) is 0.240. The van der Waals surface area contributed by atoms with Crippen LogP contribution in [0.4, 0.5) is 0 Å². The summed E-state index contributed by atoms with van der Waals surface area (Å²) >= 11 is 5.74. The topological polar surface area (TPSA) is 79.1 Å². The van der Waals surface area contributed by atoms with Gasteiger partial charge in [0.25, 0.3) is 5.56 Å². The minimum atomic E-state index is -0.658. The number of esters is 1. The maximum atomic E-state index is 13.7. The maximum absolute atomic E-state index is 13.7. The summed E-state index contributed by atoms with van der Waals surface area (Å²) in [6.07, 6.45) is 1.85. The number of fused-ring (bicyclic) bond motifs is 1. The zero-order chi connectivity index (χ0) is 25.3. The van der Waals surface area contributed by atoms with Crippen LogP contribution in [0.25, 0.3) is 6.08 Å². The highest BCUT2D eigenvalue weighted by Gasteiger charge is 2.33. The number of hydrogen-bond donors (Lipinski definition) is 0. The monoisotopic (exact) mass is 716 g/mol. The molecule has 0 amide bonds. The summed E-state index contributed by atoms with van der Waals surface area (Å²) in [5.74, 6) is 1.00. The van der Waals surface area contributed by atoms with Crippen LogP contribution in [-0.4, -0.2) is 31.4 Å². The Morgan fingerprint density at radius 2 is 1.80 bits per heavy atom. The average Bonchev–Trinajstić information content (AvgIpc) is 3.12. The lowest BCUT2D eigenvalue weighted by atomic mass is 9.96. The first-order valence-electron chi connectivity index (χ1n) is 10.7. The summed E-state index contributed by atoms with van der Waals surface area (Å²) in [6, 6.07) is 10.6. The number of aromatic nitrogens is 1. The Kier molecular flexibility index (Phi) is 8.01. The van der Waals surface area contributed by atoms with E-state index in [0.717, 1.165) is 24.0 Å². The molecule has 7 nitrogen and oxygen atoms in total. The van der Waals surface area contributed by atoms with Crippen LogP contribution < -0.4 is 24.4 Å². The Labute approximate surface area is 233 Å². The third-order valence-electron chi connectivity index (χ3n) is 5.47. The van der Waals surface area contributed by atoms with E-state index in [1.807, 2.05) is 42.5 Å². The molecule has 0 fully saturated rings. The van der Waals surface area contributed by atoms with E-state index < -0.39 is 12.0 Å². The lowest BCUT2D eigenvalue weighted by Crippen LogP contribution is -2.39. The van der Waals surface area contributed by atoms with Gasteiger partial charge in [-0.2, -0.15) is 0 Å². The number of methoxy groups -OCH3 is 2. The highest BCUT2D eigenvalue weighted by atomic mass is 127. The van der Waals surface area contributed by atoms with E-state index in [-0.39, 0.29) is 12.2 Å². The third kappa shape index (κ3) is 5.05. The summed E-state index contributed by atoms with van der Waals surface area (Å²) in [5.41, 5.74) is 2.32. The molecule has 4 rings (SSSR count). The molecule has 3 aromatic rings. The number of carbonyl (C=O) groups excluding carboxylic acids is 1. The van der Waals surface area contributed by atoms with Crippen LogP contribution in [0, 0.1) is 7.14 Å². The number of ether oxygens (including phenoxy) is 3. The van der Waals surface area contributed by atoms with Gasteiger partial charge >= 0.3 is 5.97 Å². The zero-order valence-electron chi connectivity index (χ0n) is 19.4. The van der Waals surface area contributed by atoms with Crippen molar-refractivity contribution in [3.63, 3.8) is 0 Å². The number of hydrogen-bond acceptors (Lipinski definition) is 7. The lowest BCUT2D eigenvalue weighted by molar-refractivity contribution is -0.139. The molecule has 0 radical (unpaired) electrons. The largest absolute Gasteiger partial charge is 0.497 e. The van der Waals surface area contributed by atoms with Gasteiger partial charge in [0.05, 0.1) is 49.8 Å². The molecule has 35 heavy (non-hydrogen) atoms. The van der Waals surface area contributed by atoms with Crippen molar-refractivity contribution >= 4 is 68.6 Å². The van der Waals surface area contributed by atoms with Gasteiger partial charge in [-0.05, 0) is 100 Å². The molecule has 10 heteroatoms. The van der Waals surface area contributed by atoms with E-state index in [9.17, 15) is 9.59 Å². The first-order chi connectivity index (χ1) is 16.8. The smallest absolute Gasteiger partial charge is 0.338 e. The molecule has 1 unspecified atom stereocenters. The van der Waals surface area contributed by atoms with Crippen molar-refractivity contribution in [1.82, 2.24) is 4.57 Å². The first-order valence-corrected chi connectivity index (χ1v) is 13.6. The molecule has 0 spiro atoms. The fourth-order valence-electron chi connectivity index (χ4n) is 3.90. The van der Waals surface area contributed by atoms with Crippen LogP contribution in [0.5, 0.6) is 11.5 Å². The quantitative estimate of drug-likeness (QED) is 0.285. The van der Waals surface area contributed by atoms with E-state index in [2.05, 4.69) is 50.2 Å². The number of rotatable bonds is 6. The summed E-state index contributed by atoms with van der Waals surface area (Å²) in [7, 11) is 3.23. The number of thiazole rings is 1. The highest BCUT2D eigenvalue weighted by molar-refractivity contribution is 14.1. The molecule has 0 saturated heterocycles. The van der Waals surface area contributed by atoms with Crippen LogP contribution in [0.1, 0.15) is 31.0 Å². The Morgan fingerprint density at radius 3 is 2.37 bits per heavy atom. The molecule has 0 N–H and O–H groups in total. The second-order valence-corrected chi connectivity index (χ2v) is 10.9. The molecule has 1 aromatic heterocycles. The Morgan fingerprint density at radius 1 is 1.14 bits per heavy atom. The molecule has 0 saturated carbocycles. The van der Waals surface area contributed by atoms with Crippen molar-refractivity contribution in [3.8, 4) is 11.5 Å². The van der Waals surface area contributed by atoms with Gasteiger partial charge in [-0.3, -0.25) is 9.36 Å². The molecule has 182 valence electrons. The summed E-state index contributed by atoms with van der Waals surface area (Å²) in [5, 5.41) is 0. The van der Waals surface area contributed by atoms with E-state index in [4.69, 9.17) is 14.2 Å². The lowest BCUT2D eigenvalue weighted by Gasteiger charge is -2.24. The van der Waals surface area contributed by atoms with Gasteiger partial charge in [0.1, 0.15) is 11.5 Å². The van der Waals surface area contributed by atoms with Crippen LogP contribution in [0.2, 0.25) is 0 Å². The minimum absolute atomic E-state index is 0.218. The zero-order valence-corrected chi connectivity index (χ0v) is 24.6. The molecular weight excluding hydrogens is 694 g/mol. The van der Waals surface area contributed by atoms with Crippen LogP contribution >= 0.6 is 56.5 Å². The number of nitrogens with zero attached hydrogens (tertiary/aromatic N) is 2. The van der Waals surface area contributed by atoms with Gasteiger partial charge in [-0.1, -0.05) is 23.5 Å². The highest BCUT2D eigenvalue weighted by Crippen LogP contribution is 2.32. The van der Waals surface area contributed by atoms with Crippen molar-refractivity contribution in [2.75, 3.05) is 20.8 Å². The van der Waals surface area contributed by atoms with Crippen molar-refractivity contribution in [2.45, 2.75) is 19.9 Å². The van der Waals surface area contributed by atoms with Gasteiger partial charge in [0.2, 0.25) is 0 Å². The minimum Gasteiger partial charge on any atom is -0.497 e. The molecule has 2 aromatic carbocycles. The fourth-order valence-corrected chi connectivity index (χ4v) is 7.21. The summed E-state index contributed by atoms with van der Waals surface area (Å²) in [6.45, 7) is 3.75. The normalized spacial score (nSPS) is 15.5. The molecule has 1 aliphatic heterocycles. The first kappa shape index (κ1) is 25.9. The van der Waals surface area contributed by atoms with E-state index in [0.29, 0.717) is 26.4 Å². The Hall–Kier alpha value is -2.19. The van der Waals surface area contributed by atoms with E-state index >= 15 is 0 Å². The van der Waals surface area contributed by atoms with Gasteiger partial charge in [-0.25, -0.2) is 9.79 Å². The van der Waals surface area contributed by atoms with Crippen LogP contribution in [0.3, 0.4) is 0 Å². The average molecular weight is 716 g/mol. The van der Waals surface area contributed by atoms with E-state index in [1.165, 1.54) is 11.3 Å². The van der Waals surface area contributed by atoms with Crippen molar-refractivity contribution < 1.29 is 19.0 Å². The number of benzene rings is 2. The van der Waals surface area contributed by atoms with Gasteiger partial charge in [0.15, 0.2) is 4.80 Å². The Balaban J connectivity index is 1.93. The standard InChI is InChI=1S/C25H22I2N2O5S/c1-5-34-24(31)20-13(2)28-25-29(21(20)15-6-8-16(32-3)9-7-15)23(30)19(35-25)12-14-10-17(26)22(33-4)18(27)11-14/h6-12,21H,5H2,1-4H3. The van der Waals surface area contributed by atoms with E-state index in [1.54, 1.807) is 32.6 Å². The summed E-state index contributed by atoms with van der Waals surface area (Å²) < 4.78 is 20.1. The molecule has 1 atom stereocenters. The van der Waals surface area contributed by atoms with Gasteiger partial charge in [-0.15, -0.1) is 0 Å². The van der Waals surface area contributed by atoms with Crippen molar-refractivity contribution in [3.05, 3.63) is 85.6 Å². The van der Waals surface area contributed by atoms with Crippen molar-refractivity contribution in [1.29, 1.82) is 0 Å². The van der Waals surface area contributed by atoms with Crippen LogP contribution in [0.15, 0.2) is 57.5 Å². The summed E-state index contributed by atoms with van der Waals surface area (Å²) in [4.78, 5) is 31.8. The number of halogens is 2. The second kappa shape index (κ2) is 10.8. The maximum Gasteiger partial charge on any atom is 0.338 e. The SMILES string of the molecule is CCOC(=O)C1=C(C)N=c2sc(=Cc3cc(I)c(OC)c(I)c3)c(=O)n2C1c1ccc(OC)cc1. The molecule has 0 aliphatic carbocycles. The second-order valence-electron chi connectivity index (χ2n) is 7.59. The van der Waals surface area contributed by atoms with Gasteiger partial charge < -0.3 is 14.2 Å². The number of carbonyl (C=O) groups is 1. The third-order valence-corrected chi connectivity index (χ3v) is 8.06. The predicted octanol–water partition coefficient (Wildman–Crippen LogP) is 4.02. The molecule has 1 aliphatic rings. The predicted molar refractivity (Wildman–Crippen MR) is 152 cm³/mol. The van der Waals surface area contributed by atoms with Crippen molar-refractivity contribution in [2.24, 2.45) is 4.99 Å². The molecule has 2 heterocycles. The number of allylic oxidation sites excluding steroid dienone is 1. The van der Waals surface area contributed by atoms with Crippen LogP contribution in [-0.2, 0) is 9.53 Å².